The van der Waals surface area contributed by atoms with Crippen molar-refractivity contribution in [3.8, 4) is 0 Å². The number of benzene rings is 1. The van der Waals surface area contributed by atoms with Gasteiger partial charge in [-0.25, -0.2) is 0 Å². The van der Waals surface area contributed by atoms with Crippen LogP contribution in [0.1, 0.15) is 24.0 Å². The zero-order chi connectivity index (χ0) is 13.5. The summed E-state index contributed by atoms with van der Waals surface area (Å²) in [5.41, 5.74) is 2.31. The van der Waals surface area contributed by atoms with Gasteiger partial charge in [0, 0.05) is 28.3 Å². The number of nitrogens with one attached hydrogen (secondary N) is 1. The second-order valence-electron chi connectivity index (χ2n) is 5.37. The minimum atomic E-state index is 0.422. The lowest BCUT2D eigenvalue weighted by atomic mass is 10.0. The highest BCUT2D eigenvalue weighted by molar-refractivity contribution is 9.10. The Morgan fingerprint density at radius 1 is 1.42 bits per heavy atom. The molecule has 1 aliphatic carbocycles. The van der Waals surface area contributed by atoms with Gasteiger partial charge in [-0.3, -0.25) is 0 Å². The van der Waals surface area contributed by atoms with E-state index in [1.165, 1.54) is 19.1 Å². The quantitative estimate of drug-likeness (QED) is 0.805. The van der Waals surface area contributed by atoms with Crippen LogP contribution in [0.25, 0.3) is 6.08 Å². The van der Waals surface area contributed by atoms with E-state index < -0.39 is 0 Å². The molecule has 1 N–H and O–H groups in total. The first-order valence-corrected chi connectivity index (χ1v) is 7.57. The van der Waals surface area contributed by atoms with E-state index in [9.17, 15) is 0 Å². The van der Waals surface area contributed by atoms with Crippen molar-refractivity contribution in [3.05, 3.63) is 38.8 Å². The predicted octanol–water partition coefficient (Wildman–Crippen LogP) is 4.54. The number of allylic oxidation sites excluding steroid dienone is 1. The third kappa shape index (κ3) is 2.51. The van der Waals surface area contributed by atoms with Crippen LogP contribution in [-0.2, 0) is 4.74 Å². The molecule has 1 saturated carbocycles. The predicted molar refractivity (Wildman–Crippen MR) is 82.0 cm³/mol. The van der Waals surface area contributed by atoms with Crippen LogP contribution in [0.2, 0.25) is 5.02 Å². The molecule has 1 spiro atoms. The molecule has 0 amide bonds. The Morgan fingerprint density at radius 2 is 2.26 bits per heavy atom. The molecule has 1 aromatic carbocycles. The summed E-state index contributed by atoms with van der Waals surface area (Å²) < 4.78 is 6.36. The van der Waals surface area contributed by atoms with Crippen LogP contribution in [0.5, 0.6) is 0 Å². The third-order valence-electron chi connectivity index (χ3n) is 4.18. The second kappa shape index (κ2) is 5.04. The molecular formula is C15H15BrClNO. The molecule has 4 heteroatoms. The average Bonchev–Trinajstić information content (AvgIpc) is 2.84. The Kier molecular flexibility index (Phi) is 3.54. The molecule has 1 aromatic rings. The summed E-state index contributed by atoms with van der Waals surface area (Å²) in [6.07, 6.45) is 8.14. The van der Waals surface area contributed by atoms with Crippen molar-refractivity contribution in [2.24, 2.45) is 11.3 Å². The molecule has 2 aliphatic rings. The van der Waals surface area contributed by atoms with Gasteiger partial charge in [-0.2, -0.15) is 0 Å². The fourth-order valence-electron chi connectivity index (χ4n) is 2.79. The van der Waals surface area contributed by atoms with Crippen molar-refractivity contribution in [3.63, 3.8) is 0 Å². The van der Waals surface area contributed by atoms with Crippen LogP contribution in [-0.4, -0.2) is 19.4 Å². The Balaban J connectivity index is 1.80. The molecule has 2 unspecified atom stereocenters. The molecule has 1 heterocycles. The SMILES string of the molecule is N=Cc1cc(Cl)c(Br)cc1/C=C/C1CC12CCOC2. The zero-order valence-electron chi connectivity index (χ0n) is 10.5. The highest BCUT2D eigenvalue weighted by atomic mass is 79.9. The number of halogens is 2. The summed E-state index contributed by atoms with van der Waals surface area (Å²) in [5.74, 6) is 0.628. The lowest BCUT2D eigenvalue weighted by molar-refractivity contribution is 0.180. The Bertz CT molecular complexity index is 549. The van der Waals surface area contributed by atoms with E-state index in [4.69, 9.17) is 21.7 Å². The first-order valence-electron chi connectivity index (χ1n) is 6.40. The summed E-state index contributed by atoms with van der Waals surface area (Å²) in [7, 11) is 0. The molecule has 1 saturated heterocycles. The van der Waals surface area contributed by atoms with Gasteiger partial charge in [-0.05, 0) is 52.4 Å². The van der Waals surface area contributed by atoms with Gasteiger partial charge < -0.3 is 10.1 Å². The molecular weight excluding hydrogens is 326 g/mol. The van der Waals surface area contributed by atoms with Crippen molar-refractivity contribution in [1.29, 1.82) is 5.41 Å². The van der Waals surface area contributed by atoms with E-state index in [1.807, 2.05) is 12.1 Å². The van der Waals surface area contributed by atoms with Crippen LogP contribution >= 0.6 is 27.5 Å². The lowest BCUT2D eigenvalue weighted by Crippen LogP contribution is -2.00. The minimum Gasteiger partial charge on any atom is -0.381 e. The average molecular weight is 341 g/mol. The Labute approximate surface area is 126 Å². The molecule has 2 nitrogen and oxygen atoms in total. The summed E-state index contributed by atoms with van der Waals surface area (Å²) in [6, 6.07) is 3.79. The zero-order valence-corrected chi connectivity index (χ0v) is 12.8. The largest absolute Gasteiger partial charge is 0.381 e. The van der Waals surface area contributed by atoms with E-state index in [2.05, 4.69) is 28.1 Å². The van der Waals surface area contributed by atoms with Crippen LogP contribution < -0.4 is 0 Å². The van der Waals surface area contributed by atoms with Crippen molar-refractivity contribution in [2.45, 2.75) is 12.8 Å². The molecule has 100 valence electrons. The van der Waals surface area contributed by atoms with Gasteiger partial charge in [0.2, 0.25) is 0 Å². The highest BCUT2D eigenvalue weighted by Gasteiger charge is 2.54. The molecule has 1 aliphatic heterocycles. The summed E-state index contributed by atoms with van der Waals surface area (Å²) in [4.78, 5) is 0. The summed E-state index contributed by atoms with van der Waals surface area (Å²) >= 11 is 9.48. The van der Waals surface area contributed by atoms with Crippen molar-refractivity contribution in [1.82, 2.24) is 0 Å². The van der Waals surface area contributed by atoms with E-state index in [0.29, 0.717) is 16.4 Å². The van der Waals surface area contributed by atoms with Crippen LogP contribution in [0.3, 0.4) is 0 Å². The molecule has 0 aromatic heterocycles. The standard InChI is InChI=1S/C15H15BrClNO/c16-13-5-10(11(8-18)6-14(13)17)1-2-12-7-15(12)3-4-19-9-15/h1-2,5-6,8,12,18H,3-4,7,9H2/b2-1+,18-8?. The van der Waals surface area contributed by atoms with E-state index >= 15 is 0 Å². The Morgan fingerprint density at radius 3 is 2.95 bits per heavy atom. The monoisotopic (exact) mass is 339 g/mol. The molecule has 0 radical (unpaired) electrons. The third-order valence-corrected chi connectivity index (χ3v) is 5.37. The van der Waals surface area contributed by atoms with E-state index in [0.717, 1.165) is 28.8 Å². The van der Waals surface area contributed by atoms with Gasteiger partial charge >= 0.3 is 0 Å². The summed E-state index contributed by atoms with van der Waals surface area (Å²) in [5, 5.41) is 8.10. The van der Waals surface area contributed by atoms with Gasteiger partial charge in [0.15, 0.2) is 0 Å². The van der Waals surface area contributed by atoms with Gasteiger partial charge in [-0.15, -0.1) is 0 Å². The Hall–Kier alpha value is -0.640. The number of hydrogen-bond donors (Lipinski definition) is 1. The van der Waals surface area contributed by atoms with Crippen LogP contribution in [0.15, 0.2) is 22.7 Å². The van der Waals surface area contributed by atoms with E-state index in [-0.39, 0.29) is 0 Å². The fourth-order valence-corrected chi connectivity index (χ4v) is 3.33. The molecule has 3 rings (SSSR count). The topological polar surface area (TPSA) is 33.1 Å². The van der Waals surface area contributed by atoms with Gasteiger partial charge in [0.25, 0.3) is 0 Å². The minimum absolute atomic E-state index is 0.422. The smallest absolute Gasteiger partial charge is 0.0555 e. The van der Waals surface area contributed by atoms with Crippen LogP contribution in [0.4, 0.5) is 0 Å². The first-order chi connectivity index (χ1) is 9.14. The van der Waals surface area contributed by atoms with Crippen molar-refractivity contribution < 1.29 is 4.74 Å². The second-order valence-corrected chi connectivity index (χ2v) is 6.64. The number of ether oxygens (including phenoxy) is 1. The molecule has 2 atom stereocenters. The maximum atomic E-state index is 7.46. The van der Waals surface area contributed by atoms with Crippen molar-refractivity contribution in [2.75, 3.05) is 13.2 Å². The van der Waals surface area contributed by atoms with Gasteiger partial charge in [-0.1, -0.05) is 23.8 Å². The van der Waals surface area contributed by atoms with Gasteiger partial charge in [0.05, 0.1) is 11.6 Å². The highest BCUT2D eigenvalue weighted by Crippen LogP contribution is 2.58. The fraction of sp³-hybridized carbons (Fsp3) is 0.400. The number of hydrogen-bond acceptors (Lipinski definition) is 2. The van der Waals surface area contributed by atoms with Crippen LogP contribution in [0, 0.1) is 16.7 Å². The maximum absolute atomic E-state index is 7.46. The lowest BCUT2D eigenvalue weighted by Gasteiger charge is -2.05. The maximum Gasteiger partial charge on any atom is 0.0555 e. The molecule has 19 heavy (non-hydrogen) atoms. The molecule has 0 bridgehead atoms. The van der Waals surface area contributed by atoms with E-state index in [1.54, 1.807) is 0 Å². The van der Waals surface area contributed by atoms with Gasteiger partial charge in [0.1, 0.15) is 0 Å². The van der Waals surface area contributed by atoms with Crippen molar-refractivity contribution >= 4 is 39.8 Å². The molecule has 2 fully saturated rings. The number of rotatable bonds is 3. The normalized spacial score (nSPS) is 29.3. The first kappa shape index (κ1) is 13.3. The summed E-state index contributed by atoms with van der Waals surface area (Å²) in [6.45, 7) is 1.81.